The van der Waals surface area contributed by atoms with Crippen molar-refractivity contribution in [3.8, 4) is 0 Å². The lowest BCUT2D eigenvalue weighted by Gasteiger charge is -2.32. The lowest BCUT2D eigenvalue weighted by Crippen LogP contribution is -2.35. The summed E-state index contributed by atoms with van der Waals surface area (Å²) in [6.07, 6.45) is 4.40. The Balaban J connectivity index is 2.34. The van der Waals surface area contributed by atoms with Crippen LogP contribution in [0, 0.1) is 5.92 Å². The molecule has 1 fully saturated rings. The molecule has 0 aliphatic carbocycles. The molecule has 2 heterocycles. The van der Waals surface area contributed by atoms with Crippen LogP contribution in [0.4, 0.5) is 5.82 Å². The lowest BCUT2D eigenvalue weighted by atomic mass is 9.97. The van der Waals surface area contributed by atoms with Crippen molar-refractivity contribution >= 4 is 5.82 Å². The van der Waals surface area contributed by atoms with Gasteiger partial charge < -0.3 is 10.6 Å². The van der Waals surface area contributed by atoms with Gasteiger partial charge in [-0.15, -0.1) is 5.10 Å². The second-order valence-corrected chi connectivity index (χ2v) is 5.51. The summed E-state index contributed by atoms with van der Waals surface area (Å²) in [5, 5.41) is 8.90. The first-order valence-electron chi connectivity index (χ1n) is 7.53. The predicted molar refractivity (Wildman–Crippen MR) is 79.3 cm³/mol. The molecule has 0 saturated carbocycles. The Hall–Kier alpha value is -1.16. The normalized spacial score (nSPS) is 16.9. The van der Waals surface area contributed by atoms with Crippen LogP contribution in [-0.2, 0) is 19.4 Å². The quantitative estimate of drug-likeness (QED) is 0.904. The molecule has 0 radical (unpaired) electrons. The number of rotatable bonds is 4. The smallest absolute Gasteiger partial charge is 0.156 e. The minimum atomic E-state index is 0.563. The molecule has 106 valence electrons. The summed E-state index contributed by atoms with van der Waals surface area (Å²) in [6, 6.07) is 0. The van der Waals surface area contributed by atoms with Gasteiger partial charge in [0.15, 0.2) is 5.82 Å². The fourth-order valence-corrected chi connectivity index (χ4v) is 2.93. The van der Waals surface area contributed by atoms with E-state index in [1.54, 1.807) is 0 Å². The van der Waals surface area contributed by atoms with E-state index in [0.29, 0.717) is 6.54 Å². The Kier molecular flexibility index (Phi) is 4.75. The molecule has 1 saturated heterocycles. The van der Waals surface area contributed by atoms with Gasteiger partial charge in [0.05, 0.1) is 5.69 Å². The Labute approximate surface area is 116 Å². The van der Waals surface area contributed by atoms with E-state index in [1.165, 1.54) is 24.0 Å². The van der Waals surface area contributed by atoms with Crippen molar-refractivity contribution in [2.75, 3.05) is 18.0 Å². The van der Waals surface area contributed by atoms with E-state index in [2.05, 4.69) is 35.9 Å². The van der Waals surface area contributed by atoms with Crippen molar-refractivity contribution in [2.45, 2.75) is 53.0 Å². The summed E-state index contributed by atoms with van der Waals surface area (Å²) in [5.41, 5.74) is 9.62. The largest absolute Gasteiger partial charge is 0.355 e. The Morgan fingerprint density at radius 1 is 1.11 bits per heavy atom. The average Bonchev–Trinajstić information content (AvgIpc) is 2.46. The highest BCUT2D eigenvalue weighted by Crippen LogP contribution is 2.27. The van der Waals surface area contributed by atoms with E-state index in [9.17, 15) is 0 Å². The summed E-state index contributed by atoms with van der Waals surface area (Å²) >= 11 is 0. The van der Waals surface area contributed by atoms with Crippen LogP contribution in [0.15, 0.2) is 0 Å². The zero-order chi connectivity index (χ0) is 13.8. The number of nitrogens with two attached hydrogens (primary N) is 1. The Morgan fingerprint density at radius 3 is 2.32 bits per heavy atom. The van der Waals surface area contributed by atoms with E-state index < -0.39 is 0 Å². The van der Waals surface area contributed by atoms with Crippen molar-refractivity contribution in [3.63, 3.8) is 0 Å². The van der Waals surface area contributed by atoms with Gasteiger partial charge in [0.25, 0.3) is 0 Å². The van der Waals surface area contributed by atoms with Gasteiger partial charge in [-0.2, -0.15) is 5.10 Å². The minimum Gasteiger partial charge on any atom is -0.355 e. The number of nitrogens with zero attached hydrogens (tertiary/aromatic N) is 3. The summed E-state index contributed by atoms with van der Waals surface area (Å²) in [5.74, 6) is 1.86. The van der Waals surface area contributed by atoms with Gasteiger partial charge in [0, 0.05) is 25.2 Å². The van der Waals surface area contributed by atoms with Gasteiger partial charge in [0.2, 0.25) is 0 Å². The molecule has 4 heteroatoms. The topological polar surface area (TPSA) is 55.0 Å². The fraction of sp³-hybridized carbons (Fsp3) is 0.733. The second-order valence-electron chi connectivity index (χ2n) is 5.51. The van der Waals surface area contributed by atoms with Crippen LogP contribution in [0.3, 0.4) is 0 Å². The van der Waals surface area contributed by atoms with Crippen molar-refractivity contribution in [1.29, 1.82) is 0 Å². The molecule has 0 aromatic carbocycles. The number of piperidine rings is 1. The fourth-order valence-electron chi connectivity index (χ4n) is 2.93. The number of anilines is 1. The summed E-state index contributed by atoms with van der Waals surface area (Å²) in [6.45, 7) is 9.36. The molecule has 0 bridgehead atoms. The van der Waals surface area contributed by atoms with Gasteiger partial charge in [-0.1, -0.05) is 20.8 Å². The first-order chi connectivity index (χ1) is 9.21. The van der Waals surface area contributed by atoms with Crippen LogP contribution in [0.25, 0.3) is 0 Å². The molecule has 1 aromatic heterocycles. The van der Waals surface area contributed by atoms with Gasteiger partial charge in [-0.3, -0.25) is 0 Å². The van der Waals surface area contributed by atoms with E-state index in [1.807, 2.05) is 0 Å². The van der Waals surface area contributed by atoms with Crippen molar-refractivity contribution in [2.24, 2.45) is 11.7 Å². The third kappa shape index (κ3) is 2.89. The van der Waals surface area contributed by atoms with Gasteiger partial charge in [-0.05, 0) is 37.2 Å². The van der Waals surface area contributed by atoms with E-state index >= 15 is 0 Å². The van der Waals surface area contributed by atoms with Crippen LogP contribution in [0.2, 0.25) is 0 Å². The van der Waals surface area contributed by atoms with Crippen molar-refractivity contribution in [3.05, 3.63) is 16.8 Å². The molecule has 2 rings (SSSR count). The molecular formula is C15H26N4. The molecule has 2 N–H and O–H groups in total. The zero-order valence-electron chi connectivity index (χ0n) is 12.4. The Bertz CT molecular complexity index is 422. The summed E-state index contributed by atoms with van der Waals surface area (Å²) in [4.78, 5) is 2.37. The molecule has 0 spiro atoms. The number of aryl methyl sites for hydroxylation is 1. The van der Waals surface area contributed by atoms with Gasteiger partial charge >= 0.3 is 0 Å². The summed E-state index contributed by atoms with van der Waals surface area (Å²) in [7, 11) is 0. The standard InChI is InChI=1S/C15H26N4/c1-4-12-13(10-16)15(18-17-14(12)5-2)19-8-6-11(3)7-9-19/h11H,4-10,16H2,1-3H3. The third-order valence-electron chi connectivity index (χ3n) is 4.22. The second kappa shape index (κ2) is 6.33. The number of aromatic nitrogens is 2. The SMILES string of the molecule is CCc1nnc(N2CCC(C)CC2)c(CN)c1CC. The molecule has 19 heavy (non-hydrogen) atoms. The molecule has 0 unspecified atom stereocenters. The highest BCUT2D eigenvalue weighted by molar-refractivity contribution is 5.51. The van der Waals surface area contributed by atoms with Crippen molar-refractivity contribution in [1.82, 2.24) is 10.2 Å². The maximum absolute atomic E-state index is 5.99. The number of hydrogen-bond donors (Lipinski definition) is 1. The molecule has 0 amide bonds. The monoisotopic (exact) mass is 262 g/mol. The van der Waals surface area contributed by atoms with Crippen molar-refractivity contribution < 1.29 is 0 Å². The first kappa shape index (κ1) is 14.3. The average molecular weight is 262 g/mol. The molecular weight excluding hydrogens is 236 g/mol. The zero-order valence-corrected chi connectivity index (χ0v) is 12.4. The van der Waals surface area contributed by atoms with Crippen LogP contribution in [-0.4, -0.2) is 23.3 Å². The lowest BCUT2D eigenvalue weighted by molar-refractivity contribution is 0.435. The first-order valence-corrected chi connectivity index (χ1v) is 7.53. The third-order valence-corrected chi connectivity index (χ3v) is 4.22. The van der Waals surface area contributed by atoms with Gasteiger partial charge in [-0.25, -0.2) is 0 Å². The number of hydrogen-bond acceptors (Lipinski definition) is 4. The predicted octanol–water partition coefficient (Wildman–Crippen LogP) is 2.30. The molecule has 4 nitrogen and oxygen atoms in total. The van der Waals surface area contributed by atoms with E-state index in [-0.39, 0.29) is 0 Å². The van der Waals surface area contributed by atoms with Crippen LogP contribution >= 0.6 is 0 Å². The highest BCUT2D eigenvalue weighted by Gasteiger charge is 2.22. The molecule has 1 aliphatic rings. The van der Waals surface area contributed by atoms with E-state index in [0.717, 1.165) is 43.4 Å². The van der Waals surface area contributed by atoms with Gasteiger partial charge in [0.1, 0.15) is 0 Å². The van der Waals surface area contributed by atoms with Crippen LogP contribution in [0.5, 0.6) is 0 Å². The Morgan fingerprint density at radius 2 is 1.79 bits per heavy atom. The van der Waals surface area contributed by atoms with Crippen LogP contribution < -0.4 is 10.6 Å². The van der Waals surface area contributed by atoms with E-state index in [4.69, 9.17) is 5.73 Å². The summed E-state index contributed by atoms with van der Waals surface area (Å²) < 4.78 is 0. The maximum Gasteiger partial charge on any atom is 0.156 e. The molecule has 1 aliphatic heterocycles. The van der Waals surface area contributed by atoms with Crippen LogP contribution in [0.1, 0.15) is 50.4 Å². The highest BCUT2D eigenvalue weighted by atomic mass is 15.3. The molecule has 1 aromatic rings. The maximum atomic E-state index is 5.99. The molecule has 0 atom stereocenters. The minimum absolute atomic E-state index is 0.563.